The highest BCUT2D eigenvalue weighted by Crippen LogP contribution is 2.22. The van der Waals surface area contributed by atoms with E-state index in [0.29, 0.717) is 6.04 Å². The number of nitrogens with zero attached hydrogens (tertiary/aromatic N) is 1. The molecule has 0 saturated carbocycles. The fourth-order valence-electron chi connectivity index (χ4n) is 1.99. The van der Waals surface area contributed by atoms with Crippen LogP contribution in [0.25, 0.3) is 0 Å². The molecule has 1 atom stereocenters. The molecule has 1 N–H and O–H groups in total. The minimum atomic E-state index is 0.648. The van der Waals surface area contributed by atoms with Crippen molar-refractivity contribution in [2.24, 2.45) is 0 Å². The molecule has 0 aliphatic carbocycles. The van der Waals surface area contributed by atoms with Gasteiger partial charge in [0.1, 0.15) is 0 Å². The summed E-state index contributed by atoms with van der Waals surface area (Å²) in [4.78, 5) is 2.41. The molecule has 0 fully saturated rings. The molecular weight excluding hydrogens is 172 g/mol. The largest absolute Gasteiger partial charge is 0.383 e. The average molecular weight is 190 g/mol. The van der Waals surface area contributed by atoms with E-state index in [9.17, 15) is 0 Å². The standard InChI is InChI=1S/C12H18N2/c1-3-14(2)11-8-10-6-4-5-7-12(10)13-9-11/h4-7,11,13H,3,8-9H2,1-2H3. The third kappa shape index (κ3) is 1.75. The molecule has 1 heterocycles. The highest BCUT2D eigenvalue weighted by atomic mass is 15.1. The molecule has 0 radical (unpaired) electrons. The molecule has 76 valence electrons. The molecule has 0 spiro atoms. The Morgan fingerprint density at radius 2 is 2.21 bits per heavy atom. The third-order valence-corrected chi connectivity index (χ3v) is 3.12. The van der Waals surface area contributed by atoms with Crippen LogP contribution in [0.15, 0.2) is 24.3 Å². The van der Waals surface area contributed by atoms with Gasteiger partial charge >= 0.3 is 0 Å². The molecular formula is C12H18N2. The third-order valence-electron chi connectivity index (χ3n) is 3.12. The summed E-state index contributed by atoms with van der Waals surface area (Å²) in [7, 11) is 2.19. The molecule has 1 aliphatic rings. The number of hydrogen-bond acceptors (Lipinski definition) is 2. The van der Waals surface area contributed by atoms with Crippen LogP contribution in [-0.2, 0) is 6.42 Å². The van der Waals surface area contributed by atoms with Gasteiger partial charge in [0.25, 0.3) is 0 Å². The van der Waals surface area contributed by atoms with Gasteiger partial charge < -0.3 is 10.2 Å². The lowest BCUT2D eigenvalue weighted by Gasteiger charge is -2.32. The summed E-state index contributed by atoms with van der Waals surface area (Å²) in [5, 5.41) is 3.49. The van der Waals surface area contributed by atoms with Gasteiger partial charge in [0, 0.05) is 18.3 Å². The van der Waals surface area contributed by atoms with Gasteiger partial charge in [0.15, 0.2) is 0 Å². The van der Waals surface area contributed by atoms with Gasteiger partial charge in [-0.3, -0.25) is 0 Å². The molecule has 0 amide bonds. The van der Waals surface area contributed by atoms with Gasteiger partial charge in [-0.15, -0.1) is 0 Å². The summed E-state index contributed by atoms with van der Waals surface area (Å²) in [5.74, 6) is 0. The van der Waals surface area contributed by atoms with E-state index in [0.717, 1.165) is 13.1 Å². The molecule has 1 aromatic carbocycles. The zero-order valence-electron chi connectivity index (χ0n) is 8.96. The molecule has 1 aromatic rings. The minimum absolute atomic E-state index is 0.648. The molecule has 0 saturated heterocycles. The van der Waals surface area contributed by atoms with Crippen molar-refractivity contribution in [1.82, 2.24) is 4.90 Å². The summed E-state index contributed by atoms with van der Waals surface area (Å²) in [5.41, 5.74) is 2.76. The second-order valence-corrected chi connectivity index (χ2v) is 3.97. The van der Waals surface area contributed by atoms with Crippen LogP contribution in [0.1, 0.15) is 12.5 Å². The second kappa shape index (κ2) is 4.01. The summed E-state index contributed by atoms with van der Waals surface area (Å²) >= 11 is 0. The van der Waals surface area contributed by atoms with Crippen molar-refractivity contribution in [3.8, 4) is 0 Å². The van der Waals surface area contributed by atoms with Crippen molar-refractivity contribution < 1.29 is 0 Å². The van der Waals surface area contributed by atoms with E-state index in [2.05, 4.69) is 48.5 Å². The molecule has 1 aliphatic heterocycles. The topological polar surface area (TPSA) is 15.3 Å². The maximum Gasteiger partial charge on any atom is 0.0373 e. The first kappa shape index (κ1) is 9.53. The first-order chi connectivity index (χ1) is 6.81. The van der Waals surface area contributed by atoms with Gasteiger partial charge in [-0.05, 0) is 31.6 Å². The van der Waals surface area contributed by atoms with Crippen molar-refractivity contribution in [1.29, 1.82) is 0 Å². The Bertz CT molecular complexity index is 309. The van der Waals surface area contributed by atoms with Crippen LogP contribution in [0.3, 0.4) is 0 Å². The number of hydrogen-bond donors (Lipinski definition) is 1. The maximum atomic E-state index is 3.49. The van der Waals surface area contributed by atoms with Gasteiger partial charge in [-0.25, -0.2) is 0 Å². The smallest absolute Gasteiger partial charge is 0.0373 e. The lowest BCUT2D eigenvalue weighted by Crippen LogP contribution is -2.41. The van der Waals surface area contributed by atoms with E-state index in [1.54, 1.807) is 0 Å². The van der Waals surface area contributed by atoms with E-state index < -0.39 is 0 Å². The molecule has 1 unspecified atom stereocenters. The molecule has 14 heavy (non-hydrogen) atoms. The van der Waals surface area contributed by atoms with Gasteiger partial charge in [0.2, 0.25) is 0 Å². The van der Waals surface area contributed by atoms with Crippen molar-refractivity contribution in [2.75, 3.05) is 25.5 Å². The number of rotatable bonds is 2. The van der Waals surface area contributed by atoms with E-state index >= 15 is 0 Å². The number of likely N-dealkylation sites (N-methyl/N-ethyl adjacent to an activating group) is 1. The Kier molecular flexibility index (Phi) is 2.73. The molecule has 2 nitrogen and oxygen atoms in total. The van der Waals surface area contributed by atoms with Crippen molar-refractivity contribution in [3.63, 3.8) is 0 Å². The van der Waals surface area contributed by atoms with Gasteiger partial charge in [-0.2, -0.15) is 0 Å². The fraction of sp³-hybridized carbons (Fsp3) is 0.500. The highest BCUT2D eigenvalue weighted by molar-refractivity contribution is 5.53. The monoisotopic (exact) mass is 190 g/mol. The summed E-state index contributed by atoms with van der Waals surface area (Å²) in [6, 6.07) is 9.25. The summed E-state index contributed by atoms with van der Waals surface area (Å²) in [6.07, 6.45) is 1.17. The first-order valence-electron chi connectivity index (χ1n) is 5.33. The molecule has 0 bridgehead atoms. The van der Waals surface area contributed by atoms with E-state index in [-0.39, 0.29) is 0 Å². The number of fused-ring (bicyclic) bond motifs is 1. The predicted molar refractivity (Wildman–Crippen MR) is 60.7 cm³/mol. The second-order valence-electron chi connectivity index (χ2n) is 3.97. The number of para-hydroxylation sites is 1. The molecule has 2 heteroatoms. The first-order valence-corrected chi connectivity index (χ1v) is 5.33. The zero-order chi connectivity index (χ0) is 9.97. The van der Waals surface area contributed by atoms with Gasteiger partial charge in [0.05, 0.1) is 0 Å². The van der Waals surface area contributed by atoms with Crippen molar-refractivity contribution in [3.05, 3.63) is 29.8 Å². The molecule has 0 aromatic heterocycles. The Morgan fingerprint density at radius 3 is 3.00 bits per heavy atom. The van der Waals surface area contributed by atoms with Crippen LogP contribution in [0, 0.1) is 0 Å². The van der Waals surface area contributed by atoms with E-state index in [1.165, 1.54) is 17.7 Å². The van der Waals surface area contributed by atoms with Crippen LogP contribution in [0.5, 0.6) is 0 Å². The van der Waals surface area contributed by atoms with Crippen LogP contribution >= 0.6 is 0 Å². The van der Waals surface area contributed by atoms with E-state index in [4.69, 9.17) is 0 Å². The Morgan fingerprint density at radius 1 is 1.43 bits per heavy atom. The number of benzene rings is 1. The van der Waals surface area contributed by atoms with Crippen LogP contribution in [-0.4, -0.2) is 31.1 Å². The Balaban J connectivity index is 2.13. The minimum Gasteiger partial charge on any atom is -0.383 e. The lowest BCUT2D eigenvalue weighted by atomic mass is 9.99. The molecule has 2 rings (SSSR count). The number of anilines is 1. The number of nitrogens with one attached hydrogen (secondary N) is 1. The predicted octanol–water partition coefficient (Wildman–Crippen LogP) is 1.97. The lowest BCUT2D eigenvalue weighted by molar-refractivity contribution is 0.259. The Hall–Kier alpha value is -1.02. The SMILES string of the molecule is CCN(C)C1CNc2ccccc2C1. The quantitative estimate of drug-likeness (QED) is 0.767. The van der Waals surface area contributed by atoms with Crippen LogP contribution < -0.4 is 5.32 Å². The van der Waals surface area contributed by atoms with Crippen LogP contribution in [0.2, 0.25) is 0 Å². The van der Waals surface area contributed by atoms with Crippen LogP contribution in [0.4, 0.5) is 5.69 Å². The van der Waals surface area contributed by atoms with Crippen molar-refractivity contribution >= 4 is 5.69 Å². The zero-order valence-corrected chi connectivity index (χ0v) is 8.96. The highest BCUT2D eigenvalue weighted by Gasteiger charge is 2.19. The Labute approximate surface area is 85.9 Å². The van der Waals surface area contributed by atoms with Gasteiger partial charge in [-0.1, -0.05) is 25.1 Å². The average Bonchev–Trinajstić information content (AvgIpc) is 2.27. The van der Waals surface area contributed by atoms with E-state index in [1.807, 2.05) is 0 Å². The van der Waals surface area contributed by atoms with Crippen molar-refractivity contribution in [2.45, 2.75) is 19.4 Å². The summed E-state index contributed by atoms with van der Waals surface area (Å²) in [6.45, 7) is 4.40. The normalized spacial score (nSPS) is 20.4. The fourth-order valence-corrected chi connectivity index (χ4v) is 1.99. The maximum absolute atomic E-state index is 3.49. The summed E-state index contributed by atoms with van der Waals surface area (Å²) < 4.78 is 0.